The molecule has 0 radical (unpaired) electrons. The minimum absolute atomic E-state index is 0.393. The minimum Gasteiger partial charge on any atom is -0.455 e. The van der Waals surface area contributed by atoms with Crippen LogP contribution >= 0.6 is 11.8 Å². The zero-order valence-electron chi connectivity index (χ0n) is 8.83. The van der Waals surface area contributed by atoms with Gasteiger partial charge in [-0.25, -0.2) is 0 Å². The van der Waals surface area contributed by atoms with Gasteiger partial charge in [0.15, 0.2) is 0 Å². The zero-order chi connectivity index (χ0) is 11.8. The summed E-state index contributed by atoms with van der Waals surface area (Å²) in [6.07, 6.45) is 0. The highest BCUT2D eigenvalue weighted by Crippen LogP contribution is 2.45. The smallest absolute Gasteiger partial charge is 0.455 e. The molecule has 0 bridgehead atoms. The first kappa shape index (κ1) is 10.7. The van der Waals surface area contributed by atoms with Crippen LogP contribution in [0.25, 0.3) is 0 Å². The van der Waals surface area contributed by atoms with Gasteiger partial charge in [-0.3, -0.25) is 0 Å². The van der Waals surface area contributed by atoms with Gasteiger partial charge in [0.2, 0.25) is 0 Å². The van der Waals surface area contributed by atoms with E-state index < -0.39 is 7.12 Å². The van der Waals surface area contributed by atoms with E-state index in [2.05, 4.69) is 0 Å². The van der Waals surface area contributed by atoms with Crippen LogP contribution in [0.4, 0.5) is 0 Å². The topological polar surface area (TPSA) is 49.7 Å². The Bertz CT molecular complexity index is 571. The first-order chi connectivity index (χ1) is 8.25. The van der Waals surface area contributed by atoms with E-state index in [0.717, 1.165) is 15.5 Å². The summed E-state index contributed by atoms with van der Waals surface area (Å²) in [6, 6.07) is 13.0. The molecule has 0 unspecified atom stereocenters. The number of para-hydroxylation sites is 2. The fourth-order valence-corrected chi connectivity index (χ4v) is 2.77. The molecule has 1 heterocycles. The molecule has 2 aromatic carbocycles. The average molecular weight is 244 g/mol. The number of fused-ring (bicyclic) bond motifs is 2. The Hall–Kier alpha value is -1.43. The molecule has 0 saturated heterocycles. The van der Waals surface area contributed by atoms with E-state index in [1.165, 1.54) is 0 Å². The lowest BCUT2D eigenvalue weighted by atomic mass is 9.79. The fourth-order valence-electron chi connectivity index (χ4n) is 1.77. The number of rotatable bonds is 1. The summed E-state index contributed by atoms with van der Waals surface area (Å²) < 4.78 is 5.73. The van der Waals surface area contributed by atoms with Gasteiger partial charge in [-0.2, -0.15) is 0 Å². The highest BCUT2D eigenvalue weighted by Gasteiger charge is 2.25. The highest BCUT2D eigenvalue weighted by atomic mass is 32.2. The van der Waals surface area contributed by atoms with Gasteiger partial charge < -0.3 is 14.8 Å². The molecular formula is C12H9BO3S. The molecular weight excluding hydrogens is 235 g/mol. The average Bonchev–Trinajstić information content (AvgIpc) is 2.35. The first-order valence-electron chi connectivity index (χ1n) is 5.19. The van der Waals surface area contributed by atoms with E-state index in [-0.39, 0.29) is 0 Å². The number of hydrogen-bond donors (Lipinski definition) is 2. The van der Waals surface area contributed by atoms with Gasteiger partial charge in [0, 0.05) is 5.46 Å². The number of ether oxygens (including phenoxy) is 1. The van der Waals surface area contributed by atoms with Crippen molar-refractivity contribution in [1.29, 1.82) is 0 Å². The van der Waals surface area contributed by atoms with Crippen molar-refractivity contribution in [1.82, 2.24) is 0 Å². The molecule has 5 heteroatoms. The SMILES string of the molecule is OB(O)c1cccc2c1Oc1ccccc1S2. The van der Waals surface area contributed by atoms with Crippen LogP contribution in [-0.2, 0) is 0 Å². The quantitative estimate of drug-likeness (QED) is 0.638. The number of benzene rings is 2. The summed E-state index contributed by atoms with van der Waals surface area (Å²) in [6.45, 7) is 0. The van der Waals surface area contributed by atoms with Crippen LogP contribution in [0.5, 0.6) is 11.5 Å². The summed E-state index contributed by atoms with van der Waals surface area (Å²) in [7, 11) is -1.52. The second-order valence-corrected chi connectivity index (χ2v) is 4.78. The minimum atomic E-state index is -1.52. The van der Waals surface area contributed by atoms with Crippen LogP contribution in [0, 0.1) is 0 Å². The maximum absolute atomic E-state index is 9.29. The van der Waals surface area contributed by atoms with Crippen molar-refractivity contribution in [2.24, 2.45) is 0 Å². The normalized spacial score (nSPS) is 12.4. The third kappa shape index (κ3) is 1.82. The Morgan fingerprint density at radius 3 is 2.53 bits per heavy atom. The van der Waals surface area contributed by atoms with Crippen molar-refractivity contribution in [3.05, 3.63) is 42.5 Å². The Balaban J connectivity index is 2.12. The van der Waals surface area contributed by atoms with Crippen LogP contribution in [0.1, 0.15) is 0 Å². The van der Waals surface area contributed by atoms with Crippen LogP contribution in [0.3, 0.4) is 0 Å². The van der Waals surface area contributed by atoms with Gasteiger partial charge in [0.1, 0.15) is 11.5 Å². The molecule has 0 amide bonds. The van der Waals surface area contributed by atoms with Gasteiger partial charge in [0.05, 0.1) is 9.79 Å². The molecule has 84 valence electrons. The van der Waals surface area contributed by atoms with Gasteiger partial charge in [-0.05, 0) is 18.2 Å². The molecule has 0 saturated carbocycles. The van der Waals surface area contributed by atoms with Crippen molar-refractivity contribution in [3.63, 3.8) is 0 Å². The van der Waals surface area contributed by atoms with Crippen LogP contribution < -0.4 is 10.2 Å². The maximum Gasteiger partial charge on any atom is 0.492 e. The van der Waals surface area contributed by atoms with Crippen LogP contribution in [0.15, 0.2) is 52.3 Å². The Kier molecular flexibility index (Phi) is 2.59. The molecule has 0 fully saturated rings. The summed E-state index contributed by atoms with van der Waals surface area (Å²) in [5, 5.41) is 18.6. The standard InChI is InChI=1S/C12H9BO3S/c14-13(15)8-4-3-7-11-12(8)16-9-5-1-2-6-10(9)17-11/h1-7,14-15H. The maximum atomic E-state index is 9.29. The lowest BCUT2D eigenvalue weighted by Crippen LogP contribution is -2.31. The van der Waals surface area contributed by atoms with Gasteiger partial charge in [-0.1, -0.05) is 36.0 Å². The van der Waals surface area contributed by atoms with Gasteiger partial charge in [-0.15, -0.1) is 0 Å². The van der Waals surface area contributed by atoms with E-state index in [0.29, 0.717) is 11.2 Å². The summed E-state index contributed by atoms with van der Waals surface area (Å²) in [5.74, 6) is 1.28. The molecule has 0 spiro atoms. The second kappa shape index (κ2) is 4.11. The third-order valence-electron chi connectivity index (χ3n) is 2.57. The lowest BCUT2D eigenvalue weighted by Gasteiger charge is -2.21. The predicted molar refractivity (Wildman–Crippen MR) is 66.9 cm³/mol. The molecule has 3 rings (SSSR count). The van der Waals surface area contributed by atoms with E-state index in [1.54, 1.807) is 23.9 Å². The van der Waals surface area contributed by atoms with Crippen LogP contribution in [0.2, 0.25) is 0 Å². The van der Waals surface area contributed by atoms with Crippen molar-refractivity contribution in [2.75, 3.05) is 0 Å². The zero-order valence-corrected chi connectivity index (χ0v) is 9.65. The molecule has 17 heavy (non-hydrogen) atoms. The van der Waals surface area contributed by atoms with Crippen molar-refractivity contribution in [2.45, 2.75) is 9.79 Å². The summed E-state index contributed by atoms with van der Waals surface area (Å²) in [5.41, 5.74) is 0.393. The van der Waals surface area contributed by atoms with Gasteiger partial charge in [0.25, 0.3) is 0 Å². The predicted octanol–water partition coefficient (Wildman–Crippen LogP) is 1.62. The third-order valence-corrected chi connectivity index (χ3v) is 3.67. The lowest BCUT2D eigenvalue weighted by molar-refractivity contribution is 0.417. The van der Waals surface area contributed by atoms with E-state index >= 15 is 0 Å². The Morgan fingerprint density at radius 2 is 1.71 bits per heavy atom. The van der Waals surface area contributed by atoms with Crippen molar-refractivity contribution >= 4 is 24.3 Å². The van der Waals surface area contributed by atoms with E-state index in [4.69, 9.17) is 4.74 Å². The highest BCUT2D eigenvalue weighted by molar-refractivity contribution is 7.99. The molecule has 0 atom stereocenters. The molecule has 1 aliphatic heterocycles. The van der Waals surface area contributed by atoms with Crippen molar-refractivity contribution < 1.29 is 14.8 Å². The Morgan fingerprint density at radius 1 is 0.941 bits per heavy atom. The summed E-state index contributed by atoms with van der Waals surface area (Å²) in [4.78, 5) is 1.93. The largest absolute Gasteiger partial charge is 0.492 e. The molecule has 3 nitrogen and oxygen atoms in total. The monoisotopic (exact) mass is 244 g/mol. The van der Waals surface area contributed by atoms with Crippen molar-refractivity contribution in [3.8, 4) is 11.5 Å². The Labute approximate surface area is 103 Å². The summed E-state index contributed by atoms with van der Waals surface area (Å²) >= 11 is 1.57. The molecule has 1 aliphatic rings. The van der Waals surface area contributed by atoms with E-state index in [9.17, 15) is 10.0 Å². The second-order valence-electron chi connectivity index (χ2n) is 3.70. The molecule has 2 N–H and O–H groups in total. The van der Waals surface area contributed by atoms with Gasteiger partial charge >= 0.3 is 7.12 Å². The fraction of sp³-hybridized carbons (Fsp3) is 0. The molecule has 2 aromatic rings. The molecule has 0 aromatic heterocycles. The first-order valence-corrected chi connectivity index (χ1v) is 6.01. The van der Waals surface area contributed by atoms with Crippen LogP contribution in [-0.4, -0.2) is 17.2 Å². The molecule has 0 aliphatic carbocycles. The number of hydrogen-bond acceptors (Lipinski definition) is 4. The van der Waals surface area contributed by atoms with E-state index in [1.807, 2.05) is 30.3 Å².